The van der Waals surface area contributed by atoms with Crippen LogP contribution in [0.25, 0.3) is 22.2 Å². The van der Waals surface area contributed by atoms with Crippen molar-refractivity contribution in [3.8, 4) is 0 Å². The number of alkyl halides is 1. The van der Waals surface area contributed by atoms with Gasteiger partial charge in [0.25, 0.3) is 5.56 Å². The highest BCUT2D eigenvalue weighted by Crippen LogP contribution is 2.55. The van der Waals surface area contributed by atoms with Crippen molar-refractivity contribution in [1.82, 2.24) is 33.6 Å². The van der Waals surface area contributed by atoms with Crippen LogP contribution >= 0.6 is 25.3 Å². The number of imidazole rings is 1. The summed E-state index contributed by atoms with van der Waals surface area (Å²) in [4.78, 5) is 48.1. The second-order valence-electron chi connectivity index (χ2n) is 19.3. The zero-order valence-electron chi connectivity index (χ0n) is 42.8. The molecule has 2 unspecified atom stereocenters. The first kappa shape index (κ1) is 58.5. The van der Waals surface area contributed by atoms with E-state index in [2.05, 4.69) is 61.5 Å². The average molecular weight is 1110 g/mol. The topological polar surface area (TPSA) is 217 Å². The number of quaternary nitrogens is 2. The second-order valence-corrected chi connectivity index (χ2v) is 30.6. The Hall–Kier alpha value is -1.74. The molecule has 3 N–H and O–H groups in total. The Morgan fingerprint density at radius 2 is 1.55 bits per heavy atom. The number of ether oxygens (including phenoxy) is 2. The Labute approximate surface area is 432 Å². The molecule has 0 radical (unpaired) electrons. The monoisotopic (exact) mass is 1110 g/mol. The summed E-state index contributed by atoms with van der Waals surface area (Å²) in [5.41, 5.74) is 0.909. The van der Waals surface area contributed by atoms with E-state index in [0.29, 0.717) is 5.65 Å². The summed E-state index contributed by atoms with van der Waals surface area (Å²) >= 11 is 12.4. The van der Waals surface area contributed by atoms with Gasteiger partial charge in [-0.05, 0) is 83.8 Å². The number of rotatable bonds is 12. The molecule has 0 saturated carbocycles. The lowest BCUT2D eigenvalue weighted by molar-refractivity contribution is -0.894. The van der Waals surface area contributed by atoms with Crippen molar-refractivity contribution < 1.29 is 60.7 Å². The minimum atomic E-state index is -4.54. The molecule has 2 bridgehead atoms. The summed E-state index contributed by atoms with van der Waals surface area (Å²) in [6.07, 6.45) is -3.66. The Morgan fingerprint density at radius 3 is 2.15 bits per heavy atom. The van der Waals surface area contributed by atoms with Crippen molar-refractivity contribution in [2.75, 3.05) is 64.8 Å². The smallest absolute Gasteiger partial charge is 0.281 e. The van der Waals surface area contributed by atoms with Gasteiger partial charge >= 0.3 is 0 Å². The number of nitrogens with one attached hydrogen (secondary N) is 2. The number of aliphatic hydroxyl groups is 1. The molecule has 3 saturated heterocycles. The van der Waals surface area contributed by atoms with Gasteiger partial charge in [-0.25, -0.2) is 24.3 Å². The maximum Gasteiger partial charge on any atom is 0.281 e. The van der Waals surface area contributed by atoms with E-state index in [0.717, 1.165) is 34.6 Å². The minimum absolute atomic E-state index is 0.00516. The summed E-state index contributed by atoms with van der Waals surface area (Å²) < 4.78 is 78.3. The number of halogens is 1. The Balaban J connectivity index is 0.000000517. The number of aliphatic hydroxyl groups excluding tert-OH is 1. The Morgan fingerprint density at radius 1 is 0.915 bits per heavy atom. The number of aryl methyl sites for hydroxylation is 1. The molecule has 10 atom stereocenters. The fourth-order valence-electron chi connectivity index (χ4n) is 8.66. The van der Waals surface area contributed by atoms with Crippen LogP contribution in [-0.4, -0.2) is 149 Å². The van der Waals surface area contributed by atoms with Crippen LogP contribution in [0.3, 0.4) is 0 Å². The van der Waals surface area contributed by atoms with Crippen LogP contribution in [0.4, 0.5) is 4.39 Å². The first-order valence-electron chi connectivity index (χ1n) is 24.7. The summed E-state index contributed by atoms with van der Waals surface area (Å²) in [5, 5.41) is 10.7. The lowest BCUT2D eigenvalue weighted by atomic mass is 10.1. The van der Waals surface area contributed by atoms with Crippen LogP contribution in [0.5, 0.6) is 0 Å². The van der Waals surface area contributed by atoms with Crippen LogP contribution in [0.1, 0.15) is 86.8 Å². The second kappa shape index (κ2) is 24.9. The van der Waals surface area contributed by atoms with E-state index in [-0.39, 0.29) is 29.4 Å². The Kier molecular flexibility index (Phi) is 20.6. The van der Waals surface area contributed by atoms with E-state index in [4.69, 9.17) is 56.1 Å². The highest BCUT2D eigenvalue weighted by molar-refractivity contribution is 8.32. The number of thioether (sulfide) groups is 1. The molecule has 71 heavy (non-hydrogen) atoms. The lowest BCUT2D eigenvalue weighted by Crippen LogP contribution is -3.11. The predicted octanol–water partition coefficient (Wildman–Crippen LogP) is 3.51. The normalized spacial score (nSPS) is 29.4. The summed E-state index contributed by atoms with van der Waals surface area (Å²) in [5.74, 6) is 0.873. The molecule has 4 aromatic heterocycles. The quantitative estimate of drug-likeness (QED) is 0.0801. The summed E-state index contributed by atoms with van der Waals surface area (Å²) in [6, 6.07) is 0. The van der Waals surface area contributed by atoms with E-state index >= 15 is 4.39 Å². The van der Waals surface area contributed by atoms with Crippen molar-refractivity contribution in [2.24, 2.45) is 0 Å². The molecule has 3 fully saturated rings. The first-order valence-corrected chi connectivity index (χ1v) is 33.7. The van der Waals surface area contributed by atoms with E-state index in [1.54, 1.807) is 32.3 Å². The van der Waals surface area contributed by atoms with Crippen molar-refractivity contribution >= 4 is 79.8 Å². The van der Waals surface area contributed by atoms with Crippen molar-refractivity contribution in [2.45, 2.75) is 154 Å². The molecule has 0 spiro atoms. The summed E-state index contributed by atoms with van der Waals surface area (Å²) in [6.45, 7) is 20.5. The Bertz CT molecular complexity index is 2530. The van der Waals surface area contributed by atoms with Gasteiger partial charge in [0.2, 0.25) is 6.80 Å². The molecule has 8 heterocycles. The van der Waals surface area contributed by atoms with E-state index in [9.17, 15) is 19.4 Å². The average Bonchev–Trinajstić information content (AvgIpc) is 4.04. The predicted molar refractivity (Wildman–Crippen MR) is 276 cm³/mol. The highest BCUT2D eigenvalue weighted by Gasteiger charge is 2.54. The number of hydrogen-bond donors (Lipinski definition) is 3. The van der Waals surface area contributed by atoms with Gasteiger partial charge in [-0.2, -0.15) is 0 Å². The van der Waals surface area contributed by atoms with Crippen LogP contribution in [0.2, 0.25) is 18.1 Å². The minimum Gasteiger partial charge on any atom is -0.780 e. The van der Waals surface area contributed by atoms with E-state index < -0.39 is 89.8 Å². The molecule has 0 aromatic carbocycles. The van der Waals surface area contributed by atoms with Gasteiger partial charge in [-0.3, -0.25) is 18.5 Å². The zero-order valence-corrected chi connectivity index (χ0v) is 48.0. The molecule has 8 rings (SSSR count). The van der Waals surface area contributed by atoms with Gasteiger partial charge in [0, 0.05) is 6.20 Å². The van der Waals surface area contributed by atoms with Crippen LogP contribution < -0.4 is 20.3 Å². The lowest BCUT2D eigenvalue weighted by Gasteiger charge is -2.41. The fourth-order valence-corrected chi connectivity index (χ4v) is 13.8. The van der Waals surface area contributed by atoms with Gasteiger partial charge in [0.05, 0.1) is 77.3 Å². The van der Waals surface area contributed by atoms with Crippen molar-refractivity contribution in [1.29, 1.82) is 0 Å². The molecule has 400 valence electrons. The number of nitrogens with zero attached hydrogens (tertiary/aromatic N) is 7. The molecule has 27 heteroatoms. The molecule has 4 aliphatic heterocycles. The zero-order chi connectivity index (χ0) is 52.1. The van der Waals surface area contributed by atoms with Crippen molar-refractivity contribution in [3.05, 3.63) is 41.1 Å². The van der Waals surface area contributed by atoms with Crippen LogP contribution in [0, 0.1) is 0 Å². The maximum atomic E-state index is 16.7. The fraction of sp³-hybridized carbons (Fsp3) is 0.750. The van der Waals surface area contributed by atoms with Gasteiger partial charge in [-0.15, -0.1) is 11.8 Å². The molecule has 4 aliphatic rings. The summed E-state index contributed by atoms with van der Waals surface area (Å²) in [7, 11) is -2.71. The number of hydrogen-bond acceptors (Lipinski definition) is 18. The SMILES string of the molecule is CC(C)(C)[Si](C)(C)O[C@H]1[C@H]2OP(=O)([S-])OC[C@H]3O[C@@H](n4cc5c6c(ncnc64)SCCC5)[C@H](F)[C@@H]3OP([O-])(=S)OC[C@H]1O[C@H]2n1cnc2c(=O)n(CCO)cnc21.CC[NH+](CC)CC.CC[NH+](CC)CC. The third kappa shape index (κ3) is 13.6. The molecule has 0 amide bonds. The van der Waals surface area contributed by atoms with Crippen molar-refractivity contribution in [3.63, 3.8) is 0 Å². The molecule has 4 aromatic rings. The number of aromatic nitrogens is 7. The van der Waals surface area contributed by atoms with E-state index in [1.807, 2.05) is 33.9 Å². The highest BCUT2D eigenvalue weighted by atomic mass is 32.7. The largest absolute Gasteiger partial charge is 0.780 e. The van der Waals surface area contributed by atoms with Gasteiger partial charge in [0.1, 0.15) is 60.6 Å². The van der Waals surface area contributed by atoms with Gasteiger partial charge < -0.3 is 68.6 Å². The molecular weight excluding hydrogens is 1040 g/mol. The molecular formula is C44H74FN9O11P2S3Si. The van der Waals surface area contributed by atoms with E-state index in [1.165, 1.54) is 67.4 Å². The first-order chi connectivity index (χ1) is 33.6. The maximum absolute atomic E-state index is 16.7. The van der Waals surface area contributed by atoms with Gasteiger partial charge in [0.15, 0.2) is 38.1 Å². The number of fused-ring (bicyclic) bond motifs is 4. The van der Waals surface area contributed by atoms with Crippen LogP contribution in [0.15, 0.2) is 35.0 Å². The standard InChI is InChI=1S/C32H44FN7O11P2S3Si.2C6H15N/c1-32(2,3)57(4,5)51-24-19-13-46-52(43,54)49-23-18(47-30(21(23)33)39-11-17-7-6-10-56-28-20(17)26(39)34-14-35-28)12-45-53(44,55)50-25(24)31(48-19)40-16-36-22-27(40)37-15-38(8-9-41)29(22)42;2*1-4-7(5-2)6-3/h11,14-16,18-19,21,23-25,30-31,41H,6-10,12-13H2,1-5H3,(H,43,54)(H,44,55);2*4-6H2,1-3H3/t18-,19-,21-,23-,24-,25-,30-,31-,52?,53?;;/m1../s1. The molecule has 20 nitrogen and oxygen atoms in total. The third-order valence-electron chi connectivity index (χ3n) is 14.0. The molecule has 0 aliphatic carbocycles. The van der Waals surface area contributed by atoms with Gasteiger partial charge in [-0.1, -0.05) is 32.6 Å². The third-order valence-corrected chi connectivity index (χ3v) is 22.6. The van der Waals surface area contributed by atoms with Crippen LogP contribution in [-0.2, 0) is 73.6 Å².